The first kappa shape index (κ1) is 19.3. The lowest BCUT2D eigenvalue weighted by Crippen LogP contribution is -2.59. The molecule has 3 rings (SSSR count). The Labute approximate surface area is 154 Å². The molecular weight excluding hydrogens is 355 g/mol. The Hall–Kier alpha value is -1.47. The molecule has 0 aliphatic carbocycles. The average molecular weight is 383 g/mol. The van der Waals surface area contributed by atoms with Crippen LogP contribution in [0.25, 0.3) is 0 Å². The highest BCUT2D eigenvalue weighted by atomic mass is 32.2. The van der Waals surface area contributed by atoms with Gasteiger partial charge in [-0.15, -0.1) is 0 Å². The van der Waals surface area contributed by atoms with E-state index in [1.807, 2.05) is 6.07 Å². The second-order valence-electron chi connectivity index (χ2n) is 7.55. The smallest absolute Gasteiger partial charge is 0.244 e. The van der Waals surface area contributed by atoms with Gasteiger partial charge in [-0.3, -0.25) is 4.79 Å². The molecule has 26 heavy (non-hydrogen) atoms. The molecule has 0 aromatic heterocycles. The van der Waals surface area contributed by atoms with Crippen LogP contribution >= 0.6 is 0 Å². The lowest BCUT2D eigenvalue weighted by atomic mass is 9.88. The minimum atomic E-state index is -3.48. The van der Waals surface area contributed by atoms with Crippen molar-refractivity contribution in [3.8, 4) is 0 Å². The van der Waals surface area contributed by atoms with E-state index in [-0.39, 0.29) is 11.7 Å². The molecule has 144 valence electrons. The molecule has 7 heteroatoms. The van der Waals surface area contributed by atoms with Crippen molar-refractivity contribution in [2.24, 2.45) is 5.92 Å². The first-order valence-electron chi connectivity index (χ1n) is 9.26. The highest BCUT2D eigenvalue weighted by molar-refractivity contribution is 7.92. The van der Waals surface area contributed by atoms with Crippen molar-refractivity contribution in [1.82, 2.24) is 10.2 Å². The summed E-state index contributed by atoms with van der Waals surface area (Å²) in [5, 5.41) is 3.14. The summed E-state index contributed by atoms with van der Waals surface area (Å²) in [5.74, 6) is -0.110. The van der Waals surface area contributed by atoms with Crippen LogP contribution in [0.3, 0.4) is 0 Å². The summed E-state index contributed by atoms with van der Waals surface area (Å²) in [6.07, 6.45) is 4.06. The molecule has 0 bridgehead atoms. The predicted octanol–water partition coefficient (Wildman–Crippen LogP) is 1.77. The van der Waals surface area contributed by atoms with Gasteiger partial charge in [-0.25, -0.2) is 12.8 Å². The van der Waals surface area contributed by atoms with E-state index in [4.69, 9.17) is 0 Å². The molecule has 0 unspecified atom stereocenters. The molecule has 1 amide bonds. The summed E-state index contributed by atoms with van der Waals surface area (Å²) < 4.78 is 37.4. The van der Waals surface area contributed by atoms with Gasteiger partial charge in [0, 0.05) is 19.3 Å². The maximum atomic E-state index is 13.8. The van der Waals surface area contributed by atoms with E-state index >= 15 is 0 Å². The molecule has 1 aromatic rings. The first-order chi connectivity index (χ1) is 12.3. The summed E-state index contributed by atoms with van der Waals surface area (Å²) in [4.78, 5) is 14.8. The number of amides is 1. The zero-order valence-electron chi connectivity index (χ0n) is 15.2. The summed E-state index contributed by atoms with van der Waals surface area (Å²) in [5.41, 5.74) is 0.711. The third-order valence-electron chi connectivity index (χ3n) is 5.88. The molecule has 5 nitrogen and oxygen atoms in total. The van der Waals surface area contributed by atoms with Gasteiger partial charge in [-0.1, -0.05) is 18.2 Å². The van der Waals surface area contributed by atoms with Crippen LogP contribution in [0.2, 0.25) is 0 Å². The van der Waals surface area contributed by atoms with E-state index in [9.17, 15) is 17.6 Å². The van der Waals surface area contributed by atoms with E-state index in [2.05, 4.69) is 5.32 Å². The van der Waals surface area contributed by atoms with Gasteiger partial charge in [0.2, 0.25) is 5.91 Å². The van der Waals surface area contributed by atoms with Crippen LogP contribution in [0.1, 0.15) is 31.2 Å². The van der Waals surface area contributed by atoms with Crippen LogP contribution in [-0.2, 0) is 21.1 Å². The number of nitrogens with zero attached hydrogens (tertiary/aromatic N) is 1. The second-order valence-corrected chi connectivity index (χ2v) is 9.87. The van der Waals surface area contributed by atoms with Gasteiger partial charge in [0.15, 0.2) is 14.6 Å². The molecule has 0 radical (unpaired) electrons. The Morgan fingerprint density at radius 2 is 1.85 bits per heavy atom. The SMILES string of the molecule is CS(=O)(=O)C1(C(=O)N2CCC(Cc3ccccc3F)CC2)CCNCC1. The number of hydrogen-bond donors (Lipinski definition) is 1. The number of halogens is 1. The fourth-order valence-electron chi connectivity index (χ4n) is 4.18. The van der Waals surface area contributed by atoms with Crippen molar-refractivity contribution in [3.05, 3.63) is 35.6 Å². The van der Waals surface area contributed by atoms with Gasteiger partial charge in [0.1, 0.15) is 5.82 Å². The topological polar surface area (TPSA) is 66.5 Å². The average Bonchev–Trinajstić information content (AvgIpc) is 2.63. The summed E-state index contributed by atoms with van der Waals surface area (Å²) in [7, 11) is -3.48. The van der Waals surface area contributed by atoms with Gasteiger partial charge >= 0.3 is 0 Å². The highest BCUT2D eigenvalue weighted by Crippen LogP contribution is 2.32. The van der Waals surface area contributed by atoms with Gasteiger partial charge in [0.25, 0.3) is 0 Å². The molecule has 2 heterocycles. The number of sulfone groups is 1. The van der Waals surface area contributed by atoms with Crippen LogP contribution in [0.4, 0.5) is 4.39 Å². The number of carbonyl (C=O) groups is 1. The Bertz CT molecular complexity index is 752. The van der Waals surface area contributed by atoms with E-state index in [1.165, 1.54) is 12.3 Å². The summed E-state index contributed by atoms with van der Waals surface area (Å²) >= 11 is 0. The van der Waals surface area contributed by atoms with Crippen molar-refractivity contribution in [3.63, 3.8) is 0 Å². The lowest BCUT2D eigenvalue weighted by molar-refractivity contribution is -0.136. The van der Waals surface area contributed by atoms with Crippen molar-refractivity contribution in [2.45, 2.75) is 36.9 Å². The van der Waals surface area contributed by atoms with E-state index < -0.39 is 14.6 Å². The largest absolute Gasteiger partial charge is 0.341 e. The normalized spacial score (nSPS) is 21.5. The molecule has 0 spiro atoms. The van der Waals surface area contributed by atoms with E-state index in [1.54, 1.807) is 17.0 Å². The second kappa shape index (κ2) is 7.64. The maximum absolute atomic E-state index is 13.8. The molecule has 0 atom stereocenters. The van der Waals surface area contributed by atoms with Gasteiger partial charge in [-0.2, -0.15) is 0 Å². The molecule has 0 saturated carbocycles. The lowest BCUT2D eigenvalue weighted by Gasteiger charge is -2.41. The van der Waals surface area contributed by atoms with Crippen molar-refractivity contribution in [2.75, 3.05) is 32.4 Å². The zero-order valence-corrected chi connectivity index (χ0v) is 16.0. The van der Waals surface area contributed by atoms with Gasteiger partial charge < -0.3 is 10.2 Å². The minimum Gasteiger partial charge on any atom is -0.341 e. The minimum absolute atomic E-state index is 0.184. The summed E-state index contributed by atoms with van der Waals surface area (Å²) in [6.45, 7) is 2.18. The molecule has 2 saturated heterocycles. The van der Waals surface area contributed by atoms with Crippen LogP contribution in [-0.4, -0.2) is 56.4 Å². The predicted molar refractivity (Wildman–Crippen MR) is 99.1 cm³/mol. The van der Waals surface area contributed by atoms with E-state index in [0.717, 1.165) is 12.8 Å². The van der Waals surface area contributed by atoms with Crippen LogP contribution in [0.5, 0.6) is 0 Å². The number of likely N-dealkylation sites (tertiary alicyclic amines) is 1. The number of carbonyl (C=O) groups excluding carboxylic acids is 1. The van der Waals surface area contributed by atoms with Crippen LogP contribution in [0.15, 0.2) is 24.3 Å². The molecule has 1 N–H and O–H groups in total. The molecular formula is C19H27FN2O3S. The van der Waals surface area contributed by atoms with Crippen LogP contribution < -0.4 is 5.32 Å². The van der Waals surface area contributed by atoms with Crippen molar-refractivity contribution < 1.29 is 17.6 Å². The maximum Gasteiger partial charge on any atom is 0.244 e. The number of hydrogen-bond acceptors (Lipinski definition) is 4. The van der Waals surface area contributed by atoms with Crippen molar-refractivity contribution >= 4 is 15.7 Å². The molecule has 2 fully saturated rings. The highest BCUT2D eigenvalue weighted by Gasteiger charge is 2.50. The fourth-order valence-corrected chi connectivity index (χ4v) is 5.57. The standard InChI is InChI=1S/C19H27FN2O3S/c1-26(24,25)19(8-10-21-11-9-19)18(23)22-12-6-15(7-13-22)14-16-4-2-3-5-17(16)20/h2-5,15,21H,6-14H2,1H3. The number of piperidine rings is 2. The number of nitrogens with one attached hydrogen (secondary N) is 1. The Morgan fingerprint density at radius 3 is 2.42 bits per heavy atom. The Morgan fingerprint density at radius 1 is 1.23 bits per heavy atom. The Balaban J connectivity index is 1.65. The Kier molecular flexibility index (Phi) is 5.67. The van der Waals surface area contributed by atoms with Crippen LogP contribution in [0, 0.1) is 11.7 Å². The summed E-state index contributed by atoms with van der Waals surface area (Å²) in [6, 6.07) is 6.80. The van der Waals surface area contributed by atoms with Gasteiger partial charge in [-0.05, 0) is 62.7 Å². The zero-order chi connectivity index (χ0) is 18.8. The number of benzene rings is 1. The number of rotatable bonds is 4. The molecule has 1 aromatic carbocycles. The van der Waals surface area contributed by atoms with Crippen molar-refractivity contribution in [1.29, 1.82) is 0 Å². The fraction of sp³-hybridized carbons (Fsp3) is 0.632. The monoisotopic (exact) mass is 382 g/mol. The van der Waals surface area contributed by atoms with Gasteiger partial charge in [0.05, 0.1) is 0 Å². The molecule has 2 aliphatic heterocycles. The third-order valence-corrected chi connectivity index (χ3v) is 7.88. The first-order valence-corrected chi connectivity index (χ1v) is 11.2. The third kappa shape index (κ3) is 3.78. The van der Waals surface area contributed by atoms with E-state index in [0.29, 0.717) is 56.9 Å². The quantitative estimate of drug-likeness (QED) is 0.862. The molecule has 2 aliphatic rings.